The Labute approximate surface area is 160 Å². The third kappa shape index (κ3) is 7.91. The van der Waals surface area contributed by atoms with E-state index in [0.717, 1.165) is 25.0 Å². The van der Waals surface area contributed by atoms with E-state index in [4.69, 9.17) is 13.6 Å². The van der Waals surface area contributed by atoms with E-state index in [0.29, 0.717) is 6.42 Å². The van der Waals surface area contributed by atoms with Gasteiger partial charge in [-0.25, -0.2) is 0 Å². The van der Waals surface area contributed by atoms with Crippen LogP contribution in [0.3, 0.4) is 0 Å². The first-order valence-corrected chi connectivity index (χ1v) is 12.5. The SMILES string of the molecule is CC(C)OC(=O)CCCC=CCC(O[Si](C)(C)C(C)(C)C)c1ccco1. The lowest BCUT2D eigenvalue weighted by atomic mass is 10.1. The predicted molar refractivity (Wildman–Crippen MR) is 109 cm³/mol. The van der Waals surface area contributed by atoms with Crippen LogP contribution < -0.4 is 0 Å². The number of carbonyl (C=O) groups is 1. The smallest absolute Gasteiger partial charge is 0.306 e. The van der Waals surface area contributed by atoms with Gasteiger partial charge in [-0.1, -0.05) is 32.9 Å². The summed E-state index contributed by atoms with van der Waals surface area (Å²) in [4.78, 5) is 11.5. The third-order valence-corrected chi connectivity index (χ3v) is 9.23. The number of hydrogen-bond donors (Lipinski definition) is 0. The maximum Gasteiger partial charge on any atom is 0.306 e. The minimum Gasteiger partial charge on any atom is -0.467 e. The largest absolute Gasteiger partial charge is 0.467 e. The van der Waals surface area contributed by atoms with E-state index in [9.17, 15) is 4.79 Å². The summed E-state index contributed by atoms with van der Waals surface area (Å²) in [6, 6.07) is 3.88. The van der Waals surface area contributed by atoms with E-state index in [1.165, 1.54) is 0 Å². The van der Waals surface area contributed by atoms with E-state index >= 15 is 0 Å². The van der Waals surface area contributed by atoms with Crippen LogP contribution in [-0.2, 0) is 14.0 Å². The molecule has 0 spiro atoms. The summed E-state index contributed by atoms with van der Waals surface area (Å²) in [5.74, 6) is 0.753. The van der Waals surface area contributed by atoms with Crippen molar-refractivity contribution in [3.05, 3.63) is 36.3 Å². The molecule has 1 aromatic rings. The molecule has 0 aliphatic rings. The van der Waals surface area contributed by atoms with Gasteiger partial charge in [0, 0.05) is 6.42 Å². The topological polar surface area (TPSA) is 48.7 Å². The van der Waals surface area contributed by atoms with Crippen LogP contribution >= 0.6 is 0 Å². The number of furan rings is 1. The number of unbranched alkanes of at least 4 members (excludes halogenated alkanes) is 1. The molecule has 5 heteroatoms. The normalized spacial score (nSPS) is 14.2. The first-order valence-electron chi connectivity index (χ1n) is 9.58. The van der Waals surface area contributed by atoms with Crippen molar-refractivity contribution in [2.45, 2.75) is 90.6 Å². The summed E-state index contributed by atoms with van der Waals surface area (Å²) >= 11 is 0. The van der Waals surface area contributed by atoms with Gasteiger partial charge >= 0.3 is 5.97 Å². The van der Waals surface area contributed by atoms with E-state index in [2.05, 4.69) is 46.0 Å². The average molecular weight is 381 g/mol. The lowest BCUT2D eigenvalue weighted by Crippen LogP contribution is -2.41. The standard InChI is InChI=1S/C21H36O4Si/c1-17(2)24-20(22)15-11-9-8-10-13-19(18-14-12-16-23-18)25-26(6,7)21(3,4)5/h8,10,12,14,16-17,19H,9,11,13,15H2,1-7H3. The van der Waals surface area contributed by atoms with Crippen LogP contribution in [0, 0.1) is 0 Å². The molecule has 148 valence electrons. The van der Waals surface area contributed by atoms with Crippen LogP contribution in [0.5, 0.6) is 0 Å². The summed E-state index contributed by atoms with van der Waals surface area (Å²) < 4.78 is 17.3. The fourth-order valence-corrected chi connectivity index (χ4v) is 3.53. The van der Waals surface area contributed by atoms with Crippen LogP contribution in [0.15, 0.2) is 35.0 Å². The fraction of sp³-hybridized carbons (Fsp3) is 0.667. The zero-order valence-corrected chi connectivity index (χ0v) is 18.5. The maximum absolute atomic E-state index is 11.5. The lowest BCUT2D eigenvalue weighted by molar-refractivity contribution is -0.147. The molecule has 0 radical (unpaired) electrons. The van der Waals surface area contributed by atoms with Gasteiger partial charge in [-0.2, -0.15) is 0 Å². The van der Waals surface area contributed by atoms with Crippen molar-refractivity contribution in [2.24, 2.45) is 0 Å². The second kappa shape index (κ2) is 10.1. The van der Waals surface area contributed by atoms with Gasteiger partial charge in [0.15, 0.2) is 8.32 Å². The minimum absolute atomic E-state index is 0.0421. The van der Waals surface area contributed by atoms with Crippen molar-refractivity contribution in [1.82, 2.24) is 0 Å². The highest BCUT2D eigenvalue weighted by atomic mass is 28.4. The van der Waals surface area contributed by atoms with Gasteiger partial charge in [-0.05, 0) is 63.4 Å². The molecule has 0 amide bonds. The third-order valence-electron chi connectivity index (χ3n) is 4.74. The first kappa shape index (κ1) is 22.7. The molecule has 0 bridgehead atoms. The number of esters is 1. The maximum atomic E-state index is 11.5. The number of allylic oxidation sites excluding steroid dienone is 1. The molecule has 0 aliphatic carbocycles. The van der Waals surface area contributed by atoms with E-state index in [-0.39, 0.29) is 23.2 Å². The highest BCUT2D eigenvalue weighted by molar-refractivity contribution is 6.74. The highest BCUT2D eigenvalue weighted by Gasteiger charge is 2.39. The minimum atomic E-state index is -1.89. The summed E-state index contributed by atoms with van der Waals surface area (Å²) in [6.45, 7) is 15.0. The molecule has 0 aromatic carbocycles. The van der Waals surface area contributed by atoms with Crippen molar-refractivity contribution in [2.75, 3.05) is 0 Å². The predicted octanol–water partition coefficient (Wildman–Crippen LogP) is 6.41. The van der Waals surface area contributed by atoms with Crippen molar-refractivity contribution >= 4 is 14.3 Å². The molecule has 0 saturated carbocycles. The number of rotatable bonds is 10. The molecule has 26 heavy (non-hydrogen) atoms. The van der Waals surface area contributed by atoms with Crippen LogP contribution in [-0.4, -0.2) is 20.4 Å². The second-order valence-electron chi connectivity index (χ2n) is 8.52. The first-order chi connectivity index (χ1) is 12.0. The van der Waals surface area contributed by atoms with Gasteiger partial charge in [0.1, 0.15) is 11.9 Å². The second-order valence-corrected chi connectivity index (χ2v) is 13.3. The zero-order valence-electron chi connectivity index (χ0n) is 17.5. The monoisotopic (exact) mass is 380 g/mol. The van der Waals surface area contributed by atoms with Crippen LogP contribution in [0.4, 0.5) is 0 Å². The zero-order chi connectivity index (χ0) is 19.8. The van der Waals surface area contributed by atoms with Crippen molar-refractivity contribution < 1.29 is 18.4 Å². The summed E-state index contributed by atoms with van der Waals surface area (Å²) in [7, 11) is -1.89. The Morgan fingerprint density at radius 1 is 1.27 bits per heavy atom. The van der Waals surface area contributed by atoms with Gasteiger partial charge in [0.2, 0.25) is 0 Å². The van der Waals surface area contributed by atoms with Gasteiger partial charge in [0.25, 0.3) is 0 Å². The summed E-state index contributed by atoms with van der Waals surface area (Å²) in [5.41, 5.74) is 0. The molecule has 0 fully saturated rings. The number of carbonyl (C=O) groups excluding carboxylic acids is 1. The molecule has 0 saturated heterocycles. The molecular weight excluding hydrogens is 344 g/mol. The van der Waals surface area contributed by atoms with Gasteiger partial charge in [-0.15, -0.1) is 0 Å². The fourth-order valence-electron chi connectivity index (χ4n) is 2.25. The quantitative estimate of drug-likeness (QED) is 0.204. The molecule has 4 nitrogen and oxygen atoms in total. The van der Waals surface area contributed by atoms with E-state index in [1.54, 1.807) is 6.26 Å². The summed E-state index contributed by atoms with van der Waals surface area (Å²) in [5, 5.41) is 0.151. The molecule has 0 N–H and O–H groups in total. The molecule has 0 aliphatic heterocycles. The summed E-state index contributed by atoms with van der Waals surface area (Å²) in [6.07, 6.45) is 8.74. The average Bonchev–Trinajstić information content (AvgIpc) is 3.01. The highest BCUT2D eigenvalue weighted by Crippen LogP contribution is 2.40. The Kier molecular flexibility index (Phi) is 8.84. The molecule has 1 aromatic heterocycles. The van der Waals surface area contributed by atoms with Gasteiger partial charge in [0.05, 0.1) is 12.4 Å². The molecule has 1 rings (SSSR count). The number of hydrogen-bond acceptors (Lipinski definition) is 4. The van der Waals surface area contributed by atoms with E-state index in [1.807, 2.05) is 26.0 Å². The van der Waals surface area contributed by atoms with Crippen LogP contribution in [0.1, 0.15) is 72.2 Å². The Morgan fingerprint density at radius 2 is 1.96 bits per heavy atom. The molecular formula is C21H36O4Si. The molecule has 1 unspecified atom stereocenters. The van der Waals surface area contributed by atoms with E-state index < -0.39 is 8.32 Å². The van der Waals surface area contributed by atoms with Crippen molar-refractivity contribution in [1.29, 1.82) is 0 Å². The Morgan fingerprint density at radius 3 is 2.50 bits per heavy atom. The number of ether oxygens (including phenoxy) is 1. The Bertz CT molecular complexity index is 553. The molecule has 1 atom stereocenters. The van der Waals surface area contributed by atoms with Crippen molar-refractivity contribution in [3.8, 4) is 0 Å². The molecule has 1 heterocycles. The lowest BCUT2D eigenvalue weighted by Gasteiger charge is -2.38. The van der Waals surface area contributed by atoms with Crippen LogP contribution in [0.25, 0.3) is 0 Å². The Balaban J connectivity index is 2.54. The van der Waals surface area contributed by atoms with Gasteiger partial charge < -0.3 is 13.6 Å². The van der Waals surface area contributed by atoms with Crippen LogP contribution in [0.2, 0.25) is 18.1 Å². The van der Waals surface area contributed by atoms with Crippen molar-refractivity contribution in [3.63, 3.8) is 0 Å². The Hall–Kier alpha value is -1.33. The van der Waals surface area contributed by atoms with Gasteiger partial charge in [-0.3, -0.25) is 4.79 Å².